The highest BCUT2D eigenvalue weighted by atomic mass is 19.4. The molecule has 0 radical (unpaired) electrons. The summed E-state index contributed by atoms with van der Waals surface area (Å²) in [6.07, 6.45) is -2.37. The molecule has 1 aromatic heterocycles. The first-order valence-electron chi connectivity index (χ1n) is 15.1. The van der Waals surface area contributed by atoms with Crippen LogP contribution in [0.1, 0.15) is 56.7 Å². The number of benzene rings is 2. The molecule has 10 nitrogen and oxygen atoms in total. The molecule has 3 heterocycles. The summed E-state index contributed by atoms with van der Waals surface area (Å²) in [7, 11) is 0. The van der Waals surface area contributed by atoms with E-state index in [4.69, 9.17) is 9.90 Å². The van der Waals surface area contributed by atoms with E-state index in [1.807, 2.05) is 18.7 Å². The minimum absolute atomic E-state index is 0.00405. The third kappa shape index (κ3) is 8.42. The van der Waals surface area contributed by atoms with Gasteiger partial charge < -0.3 is 20.2 Å². The van der Waals surface area contributed by atoms with E-state index < -0.39 is 23.5 Å². The van der Waals surface area contributed by atoms with Gasteiger partial charge in [0.25, 0.3) is 11.5 Å². The molecule has 3 aromatic rings. The van der Waals surface area contributed by atoms with Gasteiger partial charge in [-0.25, -0.2) is 14.3 Å². The van der Waals surface area contributed by atoms with Crippen molar-refractivity contribution in [2.75, 3.05) is 32.7 Å². The van der Waals surface area contributed by atoms with Gasteiger partial charge in [-0.2, -0.15) is 18.3 Å². The van der Waals surface area contributed by atoms with E-state index in [1.165, 1.54) is 11.6 Å². The highest BCUT2D eigenvalue weighted by Gasteiger charge is 2.44. The fourth-order valence-corrected chi connectivity index (χ4v) is 5.74. The topological polar surface area (TPSA) is 136 Å². The van der Waals surface area contributed by atoms with Crippen LogP contribution in [0.2, 0.25) is 0 Å². The molecule has 252 valence electrons. The van der Waals surface area contributed by atoms with Gasteiger partial charge in [-0.15, -0.1) is 0 Å². The van der Waals surface area contributed by atoms with Crippen molar-refractivity contribution in [1.29, 1.82) is 0 Å². The van der Waals surface area contributed by atoms with E-state index in [0.29, 0.717) is 50.3 Å². The van der Waals surface area contributed by atoms with Crippen LogP contribution in [0.3, 0.4) is 0 Å². The van der Waals surface area contributed by atoms with Gasteiger partial charge in [0, 0.05) is 38.2 Å². The summed E-state index contributed by atoms with van der Waals surface area (Å²) in [5, 5.41) is 17.2. The quantitative estimate of drug-likeness (QED) is 0.344. The SMILES string of the molecule is Cc1ccc(C[C@@]2(C(=O)N3CCN(C(=O)c4cc(Cc5n[nH]c(=O)c(C)c5C)ccc4F)CC3)CCCN2)cc1.O=C(O)C(F)(F)F. The lowest BCUT2D eigenvalue weighted by atomic mass is 9.87. The van der Waals surface area contributed by atoms with Crippen LogP contribution in [0.5, 0.6) is 0 Å². The zero-order chi connectivity index (χ0) is 34.5. The summed E-state index contributed by atoms with van der Waals surface area (Å²) in [5.74, 6) is -3.65. The monoisotopic (exact) mass is 659 g/mol. The average Bonchev–Trinajstić information content (AvgIpc) is 3.52. The van der Waals surface area contributed by atoms with Gasteiger partial charge in [-0.3, -0.25) is 14.4 Å². The second-order valence-corrected chi connectivity index (χ2v) is 11.9. The number of piperazine rings is 1. The maximum atomic E-state index is 14.8. The number of alkyl halides is 3. The lowest BCUT2D eigenvalue weighted by Gasteiger charge is -2.40. The molecule has 3 N–H and O–H groups in total. The number of carbonyl (C=O) groups excluding carboxylic acids is 2. The molecule has 14 heteroatoms. The predicted octanol–water partition coefficient (Wildman–Crippen LogP) is 3.71. The Morgan fingerprint density at radius 1 is 0.936 bits per heavy atom. The molecular formula is C33H37F4N5O5. The number of aromatic nitrogens is 2. The second kappa shape index (κ2) is 14.4. The van der Waals surface area contributed by atoms with Crippen LogP contribution >= 0.6 is 0 Å². The number of carbonyl (C=O) groups is 3. The Hall–Kier alpha value is -4.59. The number of hydrogen-bond acceptors (Lipinski definition) is 6. The van der Waals surface area contributed by atoms with Crippen molar-refractivity contribution in [3.05, 3.63) is 97.7 Å². The van der Waals surface area contributed by atoms with Gasteiger partial charge in [0.1, 0.15) is 11.4 Å². The highest BCUT2D eigenvalue weighted by molar-refractivity contribution is 5.95. The number of hydrogen-bond donors (Lipinski definition) is 3. The summed E-state index contributed by atoms with van der Waals surface area (Å²) in [4.78, 5) is 51.3. The van der Waals surface area contributed by atoms with Gasteiger partial charge >= 0.3 is 12.1 Å². The molecule has 1 atom stereocenters. The molecule has 47 heavy (non-hydrogen) atoms. The van der Waals surface area contributed by atoms with Crippen LogP contribution in [0, 0.1) is 26.6 Å². The standard InChI is InChI=1S/C31H36FN5O3.C2HF3O2/c1-20-5-7-23(8-6-20)19-31(11-4-12-33-31)30(40)37-15-13-36(14-16-37)29(39)25-17-24(9-10-26(25)32)18-27-21(2)22(3)28(38)35-34-27;3-2(4,5)1(6)7/h5-10,17,33H,4,11-16,18-19H2,1-3H3,(H,35,38);(H,6,7)/t31-;/m1./s1. The normalized spacial score (nSPS) is 18.0. The molecule has 2 amide bonds. The minimum atomic E-state index is -5.08. The van der Waals surface area contributed by atoms with Crippen LogP contribution in [-0.4, -0.2) is 87.3 Å². The molecule has 2 fully saturated rings. The Balaban J connectivity index is 0.000000644. The summed E-state index contributed by atoms with van der Waals surface area (Å²) < 4.78 is 46.6. The molecular weight excluding hydrogens is 622 g/mol. The van der Waals surface area contributed by atoms with Crippen LogP contribution in [0.25, 0.3) is 0 Å². The summed E-state index contributed by atoms with van der Waals surface area (Å²) >= 11 is 0. The Kier molecular flexibility index (Phi) is 10.8. The number of aryl methyl sites for hydroxylation is 1. The van der Waals surface area contributed by atoms with E-state index in [0.717, 1.165) is 36.1 Å². The van der Waals surface area contributed by atoms with Crippen molar-refractivity contribution in [3.63, 3.8) is 0 Å². The van der Waals surface area contributed by atoms with Crippen LogP contribution in [0.4, 0.5) is 17.6 Å². The van der Waals surface area contributed by atoms with Crippen molar-refractivity contribution >= 4 is 17.8 Å². The van der Waals surface area contributed by atoms with Crippen molar-refractivity contribution in [2.24, 2.45) is 0 Å². The van der Waals surface area contributed by atoms with E-state index in [1.54, 1.807) is 24.0 Å². The summed E-state index contributed by atoms with van der Waals surface area (Å²) in [6, 6.07) is 12.8. The van der Waals surface area contributed by atoms with Crippen LogP contribution in [0.15, 0.2) is 47.3 Å². The number of H-pyrrole nitrogens is 1. The Morgan fingerprint density at radius 2 is 1.53 bits per heavy atom. The first-order chi connectivity index (χ1) is 22.1. The maximum absolute atomic E-state index is 14.8. The lowest BCUT2D eigenvalue weighted by Crippen LogP contribution is -2.60. The lowest BCUT2D eigenvalue weighted by molar-refractivity contribution is -0.192. The first kappa shape index (κ1) is 35.3. The van der Waals surface area contributed by atoms with Crippen LogP contribution < -0.4 is 10.9 Å². The van der Waals surface area contributed by atoms with E-state index in [2.05, 4.69) is 39.8 Å². The largest absolute Gasteiger partial charge is 0.490 e. The van der Waals surface area contributed by atoms with Crippen molar-refractivity contribution in [3.8, 4) is 0 Å². The van der Waals surface area contributed by atoms with Crippen molar-refractivity contribution in [2.45, 2.75) is 58.2 Å². The molecule has 5 rings (SSSR count). The average molecular weight is 660 g/mol. The zero-order valence-corrected chi connectivity index (χ0v) is 26.3. The number of carboxylic acid groups (broad SMARTS) is 1. The second-order valence-electron chi connectivity index (χ2n) is 11.9. The fraction of sp³-hybridized carbons (Fsp3) is 0.424. The molecule has 0 bridgehead atoms. The van der Waals surface area contributed by atoms with E-state index >= 15 is 0 Å². The number of aromatic amines is 1. The number of nitrogens with zero attached hydrogens (tertiary/aromatic N) is 3. The minimum Gasteiger partial charge on any atom is -0.475 e. The number of halogens is 4. The Morgan fingerprint density at radius 3 is 2.11 bits per heavy atom. The number of nitrogens with one attached hydrogen (secondary N) is 2. The zero-order valence-electron chi connectivity index (χ0n) is 26.3. The summed E-state index contributed by atoms with van der Waals surface area (Å²) in [6.45, 7) is 7.91. The van der Waals surface area contributed by atoms with Gasteiger partial charge in [-0.1, -0.05) is 35.9 Å². The number of amides is 2. The third-order valence-electron chi connectivity index (χ3n) is 8.64. The molecule has 0 unspecified atom stereocenters. The molecule has 2 saturated heterocycles. The van der Waals surface area contributed by atoms with Gasteiger partial charge in [0.05, 0.1) is 11.3 Å². The third-order valence-corrected chi connectivity index (χ3v) is 8.64. The highest BCUT2D eigenvalue weighted by Crippen LogP contribution is 2.28. The Bertz CT molecular complexity index is 1680. The van der Waals surface area contributed by atoms with E-state index in [-0.39, 0.29) is 22.9 Å². The molecule has 2 aromatic carbocycles. The van der Waals surface area contributed by atoms with Crippen molar-refractivity contribution in [1.82, 2.24) is 25.3 Å². The van der Waals surface area contributed by atoms with Gasteiger partial charge in [0.15, 0.2) is 0 Å². The molecule has 2 aliphatic heterocycles. The van der Waals surface area contributed by atoms with Crippen molar-refractivity contribution < 1.29 is 37.1 Å². The van der Waals surface area contributed by atoms with Gasteiger partial charge in [-0.05, 0) is 75.4 Å². The molecule has 2 aliphatic rings. The molecule has 0 saturated carbocycles. The van der Waals surface area contributed by atoms with E-state index in [9.17, 15) is 31.9 Å². The van der Waals surface area contributed by atoms with Crippen LogP contribution in [-0.2, 0) is 22.4 Å². The fourth-order valence-electron chi connectivity index (χ4n) is 5.74. The molecule has 0 aliphatic carbocycles. The number of carboxylic acids is 1. The maximum Gasteiger partial charge on any atom is 0.490 e. The predicted molar refractivity (Wildman–Crippen MR) is 165 cm³/mol. The first-order valence-corrected chi connectivity index (χ1v) is 15.1. The van der Waals surface area contributed by atoms with Gasteiger partial charge in [0.2, 0.25) is 5.91 Å². The number of rotatable bonds is 6. The Labute approximate surface area is 268 Å². The summed E-state index contributed by atoms with van der Waals surface area (Å²) in [5.41, 5.74) is 4.21. The number of aliphatic carboxylic acids is 1. The smallest absolute Gasteiger partial charge is 0.475 e. The molecule has 0 spiro atoms.